The number of ether oxygens (including phenoxy) is 1. The van der Waals surface area contributed by atoms with Gasteiger partial charge in [-0.1, -0.05) is 19.0 Å². The van der Waals surface area contributed by atoms with Crippen LogP contribution in [0.15, 0.2) is 4.52 Å². The van der Waals surface area contributed by atoms with E-state index in [9.17, 15) is 4.79 Å². The van der Waals surface area contributed by atoms with Crippen molar-refractivity contribution in [2.45, 2.75) is 52.7 Å². The Morgan fingerprint density at radius 1 is 1.46 bits per heavy atom. The van der Waals surface area contributed by atoms with Gasteiger partial charge in [-0.05, 0) is 44.7 Å². The van der Waals surface area contributed by atoms with Crippen molar-refractivity contribution in [3.63, 3.8) is 0 Å². The molecule has 0 saturated carbocycles. The van der Waals surface area contributed by atoms with E-state index in [1.165, 1.54) is 0 Å². The summed E-state index contributed by atoms with van der Waals surface area (Å²) in [6, 6.07) is 0. The van der Waals surface area contributed by atoms with Crippen LogP contribution in [-0.4, -0.2) is 47.7 Å². The molecule has 2 rings (SSSR count). The zero-order chi connectivity index (χ0) is 17.5. The maximum Gasteiger partial charge on any atom is 0.246 e. The molecule has 0 aromatic carbocycles. The van der Waals surface area contributed by atoms with E-state index in [4.69, 9.17) is 9.26 Å². The highest BCUT2D eigenvalue weighted by molar-refractivity contribution is 5.75. The van der Waals surface area contributed by atoms with E-state index in [1.807, 2.05) is 6.92 Å². The molecule has 1 aromatic rings. The Balaban J connectivity index is 1.76. The van der Waals surface area contributed by atoms with Gasteiger partial charge >= 0.3 is 0 Å². The summed E-state index contributed by atoms with van der Waals surface area (Å²) in [6.45, 7) is 9.18. The van der Waals surface area contributed by atoms with Crippen LogP contribution in [0.25, 0.3) is 0 Å². The van der Waals surface area contributed by atoms with Crippen LogP contribution in [0, 0.1) is 11.8 Å². The molecule has 0 bridgehead atoms. The van der Waals surface area contributed by atoms with Crippen LogP contribution >= 0.6 is 0 Å². The van der Waals surface area contributed by atoms with E-state index in [-0.39, 0.29) is 12.0 Å². The molecule has 1 aliphatic rings. The molecule has 2 heterocycles. The monoisotopic (exact) mass is 338 g/mol. The first kappa shape index (κ1) is 18.9. The average molecular weight is 338 g/mol. The third-order valence-electron chi connectivity index (χ3n) is 4.25. The third kappa shape index (κ3) is 5.87. The van der Waals surface area contributed by atoms with Crippen LogP contribution in [0.4, 0.5) is 0 Å². The summed E-state index contributed by atoms with van der Waals surface area (Å²) >= 11 is 0. The summed E-state index contributed by atoms with van der Waals surface area (Å²) in [5.74, 6) is 2.17. The number of rotatable bonds is 9. The molecule has 136 valence electrons. The standard InChI is InChI=1S/C17H30N4O3/c1-12(2)11-23-13(3)17-19-15(24-20-17)10-21(4)16(22)6-5-14-7-8-18-9-14/h12-14,18H,5-11H2,1-4H3. The lowest BCUT2D eigenvalue weighted by atomic mass is 10.0. The molecule has 1 fully saturated rings. The molecule has 24 heavy (non-hydrogen) atoms. The Kier molecular flexibility index (Phi) is 7.17. The minimum atomic E-state index is -0.208. The Morgan fingerprint density at radius 3 is 2.92 bits per heavy atom. The van der Waals surface area contributed by atoms with Gasteiger partial charge in [-0.25, -0.2) is 0 Å². The number of aromatic nitrogens is 2. The van der Waals surface area contributed by atoms with Gasteiger partial charge in [0.05, 0.1) is 6.54 Å². The number of carbonyl (C=O) groups is 1. The zero-order valence-electron chi connectivity index (χ0n) is 15.2. The smallest absolute Gasteiger partial charge is 0.246 e. The highest BCUT2D eigenvalue weighted by atomic mass is 16.5. The lowest BCUT2D eigenvalue weighted by Crippen LogP contribution is -2.26. The molecule has 1 aromatic heterocycles. The molecule has 2 atom stereocenters. The molecule has 1 amide bonds. The molecule has 0 radical (unpaired) electrons. The second kappa shape index (κ2) is 9.13. The van der Waals surface area contributed by atoms with Gasteiger partial charge in [0.2, 0.25) is 11.8 Å². The first-order chi connectivity index (χ1) is 11.5. The first-order valence-electron chi connectivity index (χ1n) is 8.84. The number of carbonyl (C=O) groups excluding carboxylic acids is 1. The van der Waals surface area contributed by atoms with Crippen molar-refractivity contribution in [1.82, 2.24) is 20.4 Å². The number of nitrogens with one attached hydrogen (secondary N) is 1. The summed E-state index contributed by atoms with van der Waals surface area (Å²) < 4.78 is 10.9. The predicted octanol–water partition coefficient (Wildman–Crippen LogP) is 2.15. The third-order valence-corrected chi connectivity index (χ3v) is 4.25. The fraction of sp³-hybridized carbons (Fsp3) is 0.824. The van der Waals surface area contributed by atoms with Gasteiger partial charge in [0.15, 0.2) is 5.82 Å². The maximum atomic E-state index is 12.2. The quantitative estimate of drug-likeness (QED) is 0.743. The van der Waals surface area contributed by atoms with Gasteiger partial charge in [-0.15, -0.1) is 0 Å². The summed E-state index contributed by atoms with van der Waals surface area (Å²) in [4.78, 5) is 18.2. The SMILES string of the molecule is CC(C)COC(C)c1noc(CN(C)C(=O)CCC2CCNC2)n1. The van der Waals surface area contributed by atoms with Crippen LogP contribution < -0.4 is 5.32 Å². The fourth-order valence-electron chi connectivity index (χ4n) is 2.68. The van der Waals surface area contributed by atoms with Gasteiger partial charge in [0.25, 0.3) is 0 Å². The van der Waals surface area contributed by atoms with Crippen molar-refractivity contribution in [3.05, 3.63) is 11.7 Å². The van der Waals surface area contributed by atoms with Crippen molar-refractivity contribution < 1.29 is 14.1 Å². The largest absolute Gasteiger partial charge is 0.370 e. The van der Waals surface area contributed by atoms with E-state index >= 15 is 0 Å². The second-order valence-electron chi connectivity index (χ2n) is 7.06. The van der Waals surface area contributed by atoms with Gasteiger partial charge in [-0.3, -0.25) is 4.79 Å². The Hall–Kier alpha value is -1.47. The van der Waals surface area contributed by atoms with Crippen LogP contribution in [-0.2, 0) is 16.1 Å². The minimum Gasteiger partial charge on any atom is -0.370 e. The van der Waals surface area contributed by atoms with E-state index < -0.39 is 0 Å². The number of hydrogen-bond donors (Lipinski definition) is 1. The van der Waals surface area contributed by atoms with E-state index in [2.05, 4.69) is 29.3 Å². The Bertz CT molecular complexity index is 512. The maximum absolute atomic E-state index is 12.2. The highest BCUT2D eigenvalue weighted by Gasteiger charge is 2.20. The summed E-state index contributed by atoms with van der Waals surface area (Å²) in [6.07, 6.45) is 2.46. The van der Waals surface area contributed by atoms with Gasteiger partial charge in [0, 0.05) is 20.1 Å². The molecule has 7 nitrogen and oxygen atoms in total. The minimum absolute atomic E-state index is 0.116. The fourth-order valence-corrected chi connectivity index (χ4v) is 2.68. The summed E-state index contributed by atoms with van der Waals surface area (Å²) in [7, 11) is 1.78. The Labute approximate surface area is 144 Å². The molecular weight excluding hydrogens is 308 g/mol. The molecule has 1 N–H and O–H groups in total. The zero-order valence-corrected chi connectivity index (χ0v) is 15.2. The second-order valence-corrected chi connectivity index (χ2v) is 7.06. The number of hydrogen-bond acceptors (Lipinski definition) is 6. The number of amides is 1. The van der Waals surface area contributed by atoms with Gasteiger partial charge in [-0.2, -0.15) is 4.98 Å². The van der Waals surface area contributed by atoms with Crippen LogP contribution in [0.2, 0.25) is 0 Å². The number of nitrogens with zero attached hydrogens (tertiary/aromatic N) is 3. The van der Waals surface area contributed by atoms with Crippen molar-refractivity contribution >= 4 is 5.91 Å². The predicted molar refractivity (Wildman–Crippen MR) is 90.2 cm³/mol. The average Bonchev–Trinajstić information content (AvgIpc) is 3.21. The van der Waals surface area contributed by atoms with Crippen LogP contribution in [0.3, 0.4) is 0 Å². The molecule has 1 aliphatic heterocycles. The summed E-state index contributed by atoms with van der Waals surface area (Å²) in [5.41, 5.74) is 0. The molecular formula is C17H30N4O3. The molecule has 1 saturated heterocycles. The molecule has 7 heteroatoms. The molecule has 2 unspecified atom stereocenters. The van der Waals surface area contributed by atoms with Crippen molar-refractivity contribution in [3.8, 4) is 0 Å². The normalized spacial score (nSPS) is 19.0. The van der Waals surface area contributed by atoms with Gasteiger partial charge in [0.1, 0.15) is 6.10 Å². The van der Waals surface area contributed by atoms with E-state index in [1.54, 1.807) is 11.9 Å². The first-order valence-corrected chi connectivity index (χ1v) is 8.84. The highest BCUT2D eigenvalue weighted by Crippen LogP contribution is 2.17. The Morgan fingerprint density at radius 2 is 2.25 bits per heavy atom. The molecule has 0 aliphatic carbocycles. The lowest BCUT2D eigenvalue weighted by molar-refractivity contribution is -0.131. The topological polar surface area (TPSA) is 80.5 Å². The molecule has 0 spiro atoms. The van der Waals surface area contributed by atoms with Crippen molar-refractivity contribution in [1.29, 1.82) is 0 Å². The summed E-state index contributed by atoms with van der Waals surface area (Å²) in [5, 5.41) is 7.28. The van der Waals surface area contributed by atoms with Crippen molar-refractivity contribution in [2.75, 3.05) is 26.7 Å². The van der Waals surface area contributed by atoms with Gasteiger partial charge < -0.3 is 19.5 Å². The van der Waals surface area contributed by atoms with E-state index in [0.717, 1.165) is 25.9 Å². The van der Waals surface area contributed by atoms with Crippen LogP contribution in [0.5, 0.6) is 0 Å². The van der Waals surface area contributed by atoms with Crippen molar-refractivity contribution in [2.24, 2.45) is 11.8 Å². The van der Waals surface area contributed by atoms with E-state index in [0.29, 0.717) is 43.1 Å². The lowest BCUT2D eigenvalue weighted by Gasteiger charge is -2.16. The van der Waals surface area contributed by atoms with Crippen LogP contribution in [0.1, 0.15) is 57.9 Å².